The average molecular weight is 337 g/mol. The maximum Gasteiger partial charge on any atom is 0.197 e. The topological polar surface area (TPSA) is 18.5 Å². The van der Waals surface area contributed by atoms with Gasteiger partial charge in [-0.05, 0) is 49.8 Å². The molecule has 2 heteroatoms. The molecule has 1 aromatic carbocycles. The fourth-order valence-electron chi connectivity index (χ4n) is 2.80. The van der Waals surface area contributed by atoms with Crippen LogP contribution in [0.15, 0.2) is 24.3 Å². The summed E-state index contributed by atoms with van der Waals surface area (Å²) in [4.78, 5) is 0. The number of ether oxygens (including phenoxy) is 2. The van der Waals surface area contributed by atoms with Gasteiger partial charge in [0.2, 0.25) is 0 Å². The zero-order chi connectivity index (χ0) is 18.4. The summed E-state index contributed by atoms with van der Waals surface area (Å²) in [6, 6.07) is 8.44. The van der Waals surface area contributed by atoms with E-state index in [4.69, 9.17) is 9.47 Å². The van der Waals surface area contributed by atoms with Crippen LogP contribution in [0.4, 0.5) is 0 Å². The quantitative estimate of drug-likeness (QED) is 0.506. The molecule has 2 unspecified atom stereocenters. The summed E-state index contributed by atoms with van der Waals surface area (Å²) in [5, 5.41) is 0. The molecule has 0 N–H and O–H groups in total. The van der Waals surface area contributed by atoms with Gasteiger partial charge in [-0.15, -0.1) is 0 Å². The van der Waals surface area contributed by atoms with Crippen molar-refractivity contribution in [2.24, 2.45) is 0 Å². The molecule has 140 valence electrons. The molecular weight excluding hydrogens is 296 g/mol. The van der Waals surface area contributed by atoms with Crippen LogP contribution in [0.5, 0.6) is 5.75 Å². The van der Waals surface area contributed by atoms with Crippen LogP contribution in [0.3, 0.4) is 0 Å². The Bertz CT molecular complexity index is 379. The van der Waals surface area contributed by atoms with Crippen molar-refractivity contribution in [3.63, 3.8) is 0 Å². The van der Waals surface area contributed by atoms with Gasteiger partial charge in [0.15, 0.2) is 6.29 Å². The third-order valence-electron chi connectivity index (χ3n) is 4.30. The zero-order valence-corrected chi connectivity index (χ0v) is 17.1. The van der Waals surface area contributed by atoms with Crippen molar-refractivity contribution in [3.05, 3.63) is 29.8 Å². The van der Waals surface area contributed by atoms with Crippen LogP contribution in [-0.2, 0) is 4.74 Å². The van der Waals surface area contributed by atoms with Gasteiger partial charge in [-0.1, -0.05) is 72.9 Å². The highest BCUT2D eigenvalue weighted by molar-refractivity contribution is 5.29. The Hall–Kier alpha value is -1.02. The normalized spacial score (nSPS) is 16.8. The van der Waals surface area contributed by atoms with Crippen LogP contribution in [0, 0.1) is 0 Å². The lowest BCUT2D eigenvalue weighted by Gasteiger charge is -2.26. The minimum atomic E-state index is -0.160. The molecule has 24 heavy (non-hydrogen) atoms. The maximum atomic E-state index is 5.97. The van der Waals surface area contributed by atoms with Gasteiger partial charge < -0.3 is 9.47 Å². The summed E-state index contributed by atoms with van der Waals surface area (Å²) >= 11 is 0. The standard InChI is InChI=1S/C18H28O2.2C2H6/c1-4-14(2)16-10-12-18(13-11-16)20-15(3)19-17-8-6-5-7-9-17;2*1-2/h10-15,17H,4-9H2,1-3H3;2*1-2H3. The monoisotopic (exact) mass is 336 g/mol. The van der Waals surface area contributed by atoms with E-state index in [0.717, 1.165) is 5.75 Å². The number of hydrogen-bond acceptors (Lipinski definition) is 2. The van der Waals surface area contributed by atoms with Crippen LogP contribution in [0.2, 0.25) is 0 Å². The molecule has 1 aromatic rings. The Balaban J connectivity index is 0.00000123. The summed E-state index contributed by atoms with van der Waals surface area (Å²) < 4.78 is 11.8. The lowest BCUT2D eigenvalue weighted by Crippen LogP contribution is -2.26. The number of hydrogen-bond donors (Lipinski definition) is 0. The smallest absolute Gasteiger partial charge is 0.197 e. The van der Waals surface area contributed by atoms with Gasteiger partial charge in [0.1, 0.15) is 5.75 Å². The Morgan fingerprint density at radius 3 is 1.96 bits per heavy atom. The van der Waals surface area contributed by atoms with Crippen molar-refractivity contribution in [1.82, 2.24) is 0 Å². The van der Waals surface area contributed by atoms with Gasteiger partial charge in [-0.25, -0.2) is 0 Å². The fraction of sp³-hybridized carbons (Fsp3) is 0.727. The Labute approximate surface area is 151 Å². The largest absolute Gasteiger partial charge is 0.465 e. The van der Waals surface area contributed by atoms with Crippen molar-refractivity contribution in [1.29, 1.82) is 0 Å². The third-order valence-corrected chi connectivity index (χ3v) is 4.30. The maximum absolute atomic E-state index is 5.97. The highest BCUT2D eigenvalue weighted by Gasteiger charge is 2.17. The molecule has 2 atom stereocenters. The van der Waals surface area contributed by atoms with E-state index in [9.17, 15) is 0 Å². The molecule has 0 aromatic heterocycles. The van der Waals surface area contributed by atoms with E-state index in [1.165, 1.54) is 44.1 Å². The predicted octanol–water partition coefficient (Wildman–Crippen LogP) is 7.33. The molecule has 0 bridgehead atoms. The van der Waals surface area contributed by atoms with Crippen LogP contribution < -0.4 is 4.74 Å². The molecule has 1 fully saturated rings. The lowest BCUT2D eigenvalue weighted by molar-refractivity contribution is -0.116. The molecule has 0 radical (unpaired) electrons. The van der Waals surface area contributed by atoms with Crippen molar-refractivity contribution in [2.45, 2.75) is 105 Å². The molecule has 2 nitrogen and oxygen atoms in total. The second-order valence-corrected chi connectivity index (χ2v) is 5.96. The molecule has 1 aliphatic carbocycles. The molecule has 1 saturated carbocycles. The van der Waals surface area contributed by atoms with Crippen LogP contribution >= 0.6 is 0 Å². The lowest BCUT2D eigenvalue weighted by atomic mass is 9.98. The highest BCUT2D eigenvalue weighted by Crippen LogP contribution is 2.24. The fourth-order valence-corrected chi connectivity index (χ4v) is 2.80. The molecule has 0 heterocycles. The van der Waals surface area contributed by atoms with E-state index in [-0.39, 0.29) is 6.29 Å². The van der Waals surface area contributed by atoms with Gasteiger partial charge in [-0.3, -0.25) is 0 Å². The van der Waals surface area contributed by atoms with E-state index < -0.39 is 0 Å². The molecule has 1 aliphatic rings. The summed E-state index contributed by atoms with van der Waals surface area (Å²) in [6.45, 7) is 14.5. The first-order chi connectivity index (χ1) is 11.7. The van der Waals surface area contributed by atoms with E-state index in [2.05, 4.69) is 38.1 Å². The van der Waals surface area contributed by atoms with Crippen LogP contribution in [-0.4, -0.2) is 12.4 Å². The van der Waals surface area contributed by atoms with E-state index in [1.54, 1.807) is 0 Å². The molecule has 0 amide bonds. The highest BCUT2D eigenvalue weighted by atomic mass is 16.7. The van der Waals surface area contributed by atoms with E-state index >= 15 is 0 Å². The SMILES string of the molecule is CC.CC.CCC(C)c1ccc(OC(C)OC2CCCCC2)cc1. The van der Waals surface area contributed by atoms with Crippen molar-refractivity contribution < 1.29 is 9.47 Å². The van der Waals surface area contributed by atoms with Crippen molar-refractivity contribution in [2.75, 3.05) is 0 Å². The summed E-state index contributed by atoms with van der Waals surface area (Å²) in [7, 11) is 0. The zero-order valence-electron chi connectivity index (χ0n) is 17.1. The average Bonchev–Trinajstić information content (AvgIpc) is 2.65. The van der Waals surface area contributed by atoms with Crippen molar-refractivity contribution >= 4 is 0 Å². The van der Waals surface area contributed by atoms with Crippen LogP contribution in [0.25, 0.3) is 0 Å². The van der Waals surface area contributed by atoms with Crippen molar-refractivity contribution in [3.8, 4) is 5.75 Å². The Morgan fingerprint density at radius 2 is 1.46 bits per heavy atom. The molecule has 0 saturated heterocycles. The Morgan fingerprint density at radius 1 is 0.917 bits per heavy atom. The first-order valence-corrected chi connectivity index (χ1v) is 10.1. The summed E-state index contributed by atoms with van der Waals surface area (Å²) in [6.07, 6.45) is 7.70. The summed E-state index contributed by atoms with van der Waals surface area (Å²) in [5.74, 6) is 1.51. The minimum Gasteiger partial charge on any atom is -0.465 e. The van der Waals surface area contributed by atoms with Gasteiger partial charge >= 0.3 is 0 Å². The van der Waals surface area contributed by atoms with Gasteiger partial charge in [0.25, 0.3) is 0 Å². The summed E-state index contributed by atoms with van der Waals surface area (Å²) in [5.41, 5.74) is 1.38. The van der Waals surface area contributed by atoms with Gasteiger partial charge in [0.05, 0.1) is 6.10 Å². The second kappa shape index (κ2) is 14.3. The molecular formula is C22H40O2. The number of rotatable bonds is 6. The van der Waals surface area contributed by atoms with Crippen LogP contribution in [0.1, 0.15) is 98.5 Å². The van der Waals surface area contributed by atoms with Gasteiger partial charge in [0, 0.05) is 0 Å². The molecule has 0 spiro atoms. The number of benzene rings is 1. The molecule has 2 rings (SSSR count). The second-order valence-electron chi connectivity index (χ2n) is 5.96. The van der Waals surface area contributed by atoms with Gasteiger partial charge in [-0.2, -0.15) is 0 Å². The third kappa shape index (κ3) is 8.73. The first kappa shape index (κ1) is 23.0. The predicted molar refractivity (Wildman–Crippen MR) is 106 cm³/mol. The Kier molecular flexibility index (Phi) is 13.7. The van der Waals surface area contributed by atoms with E-state index in [1.807, 2.05) is 34.6 Å². The van der Waals surface area contributed by atoms with E-state index in [0.29, 0.717) is 12.0 Å². The minimum absolute atomic E-state index is 0.160. The molecule has 0 aliphatic heterocycles. The first-order valence-electron chi connectivity index (χ1n) is 10.1.